The second kappa shape index (κ2) is 5.42. The summed E-state index contributed by atoms with van der Waals surface area (Å²) in [5.41, 5.74) is 0. The number of nitrogens with zero attached hydrogens (tertiary/aromatic N) is 2. The molecule has 2 N–H and O–H groups in total. The van der Waals surface area contributed by atoms with Gasteiger partial charge in [-0.3, -0.25) is 0 Å². The van der Waals surface area contributed by atoms with Crippen molar-refractivity contribution < 1.29 is 0 Å². The minimum absolute atomic E-state index is 0.519. The number of nitrogens with one attached hydrogen (secondary N) is 2. The van der Waals surface area contributed by atoms with Gasteiger partial charge in [-0.2, -0.15) is 4.37 Å². The van der Waals surface area contributed by atoms with Crippen LogP contribution < -0.4 is 10.6 Å². The number of anilines is 1. The first kappa shape index (κ1) is 10.8. The Morgan fingerprint density at radius 1 is 1.53 bits per heavy atom. The van der Waals surface area contributed by atoms with Crippen molar-refractivity contribution in [2.24, 2.45) is 0 Å². The summed E-state index contributed by atoms with van der Waals surface area (Å²) in [5, 5.41) is 7.86. The van der Waals surface area contributed by atoms with Gasteiger partial charge in [-0.15, -0.1) is 0 Å². The van der Waals surface area contributed by atoms with Gasteiger partial charge in [-0.25, -0.2) is 4.98 Å². The summed E-state index contributed by atoms with van der Waals surface area (Å²) < 4.78 is 4.27. The van der Waals surface area contributed by atoms with Crippen LogP contribution in [-0.2, 0) is 6.42 Å². The lowest BCUT2D eigenvalue weighted by Gasteiger charge is -2.14. The molecular formula is C10H18N4S. The summed E-state index contributed by atoms with van der Waals surface area (Å²) in [6.45, 7) is 4.27. The number of aryl methyl sites for hydroxylation is 1. The maximum absolute atomic E-state index is 4.42. The lowest BCUT2D eigenvalue weighted by atomic mass is 10.1. The van der Waals surface area contributed by atoms with Crippen LogP contribution in [0, 0.1) is 0 Å². The Balaban J connectivity index is 1.89. The second-order valence-electron chi connectivity index (χ2n) is 3.91. The fourth-order valence-corrected chi connectivity index (χ4v) is 2.50. The number of aromatic nitrogens is 2. The first-order valence-corrected chi connectivity index (χ1v) is 6.45. The van der Waals surface area contributed by atoms with Crippen LogP contribution in [0.3, 0.4) is 0 Å². The van der Waals surface area contributed by atoms with Gasteiger partial charge in [0.05, 0.1) is 0 Å². The van der Waals surface area contributed by atoms with Crippen molar-refractivity contribution in [1.29, 1.82) is 0 Å². The second-order valence-corrected chi connectivity index (χ2v) is 4.66. The van der Waals surface area contributed by atoms with Gasteiger partial charge in [-0.05, 0) is 19.4 Å². The summed E-state index contributed by atoms with van der Waals surface area (Å²) in [6.07, 6.45) is 4.73. The number of hydrogen-bond acceptors (Lipinski definition) is 5. The summed E-state index contributed by atoms with van der Waals surface area (Å²) in [7, 11) is 0. The number of rotatable bonds is 3. The largest absolute Gasteiger partial charge is 0.356 e. The van der Waals surface area contributed by atoms with Crippen LogP contribution in [0.15, 0.2) is 0 Å². The van der Waals surface area contributed by atoms with E-state index in [1.54, 1.807) is 0 Å². The van der Waals surface area contributed by atoms with E-state index in [2.05, 4.69) is 26.9 Å². The van der Waals surface area contributed by atoms with E-state index in [0.717, 1.165) is 30.5 Å². The molecule has 0 aliphatic carbocycles. The maximum atomic E-state index is 4.42. The standard InChI is InChI=1S/C10H18N4S/c1-2-9-13-10(15-14-9)12-8-5-3-4-6-11-7-8/h8,11H,2-7H2,1H3,(H,12,13,14). The fraction of sp³-hybridized carbons (Fsp3) is 0.800. The Kier molecular flexibility index (Phi) is 3.91. The van der Waals surface area contributed by atoms with Crippen molar-refractivity contribution in [3.8, 4) is 0 Å². The Bertz CT molecular complexity index is 291. The average molecular weight is 226 g/mol. The summed E-state index contributed by atoms with van der Waals surface area (Å²) >= 11 is 1.47. The predicted octanol–water partition coefficient (Wildman–Crippen LogP) is 1.65. The monoisotopic (exact) mass is 226 g/mol. The highest BCUT2D eigenvalue weighted by atomic mass is 32.1. The van der Waals surface area contributed by atoms with Crippen LogP contribution >= 0.6 is 11.5 Å². The Morgan fingerprint density at radius 2 is 2.47 bits per heavy atom. The molecule has 0 spiro atoms. The van der Waals surface area contributed by atoms with Gasteiger partial charge in [0.15, 0.2) is 0 Å². The van der Waals surface area contributed by atoms with Crippen molar-refractivity contribution >= 4 is 16.7 Å². The van der Waals surface area contributed by atoms with Gasteiger partial charge >= 0.3 is 0 Å². The molecule has 1 fully saturated rings. The van der Waals surface area contributed by atoms with E-state index in [9.17, 15) is 0 Å². The molecular weight excluding hydrogens is 208 g/mol. The van der Waals surface area contributed by atoms with Gasteiger partial charge < -0.3 is 10.6 Å². The highest BCUT2D eigenvalue weighted by Crippen LogP contribution is 2.15. The van der Waals surface area contributed by atoms with Crippen molar-refractivity contribution in [3.63, 3.8) is 0 Å². The topological polar surface area (TPSA) is 49.8 Å². The van der Waals surface area contributed by atoms with Gasteiger partial charge in [0.2, 0.25) is 5.13 Å². The maximum Gasteiger partial charge on any atom is 0.202 e. The molecule has 0 radical (unpaired) electrons. The molecule has 2 rings (SSSR count). The first-order valence-electron chi connectivity index (χ1n) is 5.68. The quantitative estimate of drug-likeness (QED) is 0.823. The summed E-state index contributed by atoms with van der Waals surface area (Å²) in [5.74, 6) is 0.948. The smallest absolute Gasteiger partial charge is 0.202 e. The van der Waals surface area contributed by atoms with Crippen molar-refractivity contribution in [2.45, 2.75) is 38.6 Å². The molecule has 5 heteroatoms. The summed E-state index contributed by atoms with van der Waals surface area (Å²) in [4.78, 5) is 4.42. The third-order valence-electron chi connectivity index (χ3n) is 2.66. The first-order chi connectivity index (χ1) is 7.38. The van der Waals surface area contributed by atoms with Crippen LogP contribution in [0.1, 0.15) is 32.0 Å². The zero-order valence-electron chi connectivity index (χ0n) is 9.12. The van der Waals surface area contributed by atoms with Crippen LogP contribution in [0.4, 0.5) is 5.13 Å². The van der Waals surface area contributed by atoms with Crippen LogP contribution in [0.2, 0.25) is 0 Å². The lowest BCUT2D eigenvalue weighted by Crippen LogP contribution is -2.30. The van der Waals surface area contributed by atoms with Gasteiger partial charge in [-0.1, -0.05) is 13.3 Å². The van der Waals surface area contributed by atoms with Crippen molar-refractivity contribution in [2.75, 3.05) is 18.4 Å². The van der Waals surface area contributed by atoms with E-state index in [1.165, 1.54) is 30.8 Å². The molecule has 0 bridgehead atoms. The molecule has 0 saturated carbocycles. The molecule has 1 aromatic heterocycles. The van der Waals surface area contributed by atoms with E-state index < -0.39 is 0 Å². The van der Waals surface area contributed by atoms with Crippen LogP contribution in [-0.4, -0.2) is 28.5 Å². The minimum atomic E-state index is 0.519. The van der Waals surface area contributed by atoms with E-state index in [4.69, 9.17) is 0 Å². The molecule has 84 valence electrons. The molecule has 1 saturated heterocycles. The zero-order chi connectivity index (χ0) is 10.5. The molecule has 0 amide bonds. The summed E-state index contributed by atoms with van der Waals surface area (Å²) in [6, 6.07) is 0.519. The van der Waals surface area contributed by atoms with Crippen LogP contribution in [0.25, 0.3) is 0 Å². The molecule has 1 unspecified atom stereocenters. The van der Waals surface area contributed by atoms with E-state index in [1.807, 2.05) is 0 Å². The van der Waals surface area contributed by atoms with E-state index in [-0.39, 0.29) is 0 Å². The molecule has 1 aliphatic heterocycles. The third kappa shape index (κ3) is 3.14. The van der Waals surface area contributed by atoms with E-state index in [0.29, 0.717) is 6.04 Å². The van der Waals surface area contributed by atoms with Gasteiger partial charge in [0, 0.05) is 30.5 Å². The molecule has 15 heavy (non-hydrogen) atoms. The third-order valence-corrected chi connectivity index (χ3v) is 3.34. The van der Waals surface area contributed by atoms with Crippen LogP contribution in [0.5, 0.6) is 0 Å². The average Bonchev–Trinajstić information content (AvgIpc) is 2.54. The molecule has 1 atom stereocenters. The Hall–Kier alpha value is -0.680. The van der Waals surface area contributed by atoms with E-state index >= 15 is 0 Å². The molecule has 1 aliphatic rings. The molecule has 4 nitrogen and oxygen atoms in total. The van der Waals surface area contributed by atoms with Crippen molar-refractivity contribution in [3.05, 3.63) is 5.82 Å². The molecule has 2 heterocycles. The van der Waals surface area contributed by atoms with Crippen molar-refractivity contribution in [1.82, 2.24) is 14.7 Å². The Morgan fingerprint density at radius 3 is 3.27 bits per heavy atom. The fourth-order valence-electron chi connectivity index (χ4n) is 1.77. The lowest BCUT2D eigenvalue weighted by molar-refractivity contribution is 0.635. The zero-order valence-corrected chi connectivity index (χ0v) is 9.94. The predicted molar refractivity (Wildman–Crippen MR) is 63.4 cm³/mol. The molecule has 1 aromatic rings. The SMILES string of the molecule is CCc1nsc(NC2CCCCNC2)n1. The van der Waals surface area contributed by atoms with Gasteiger partial charge in [0.1, 0.15) is 5.82 Å². The highest BCUT2D eigenvalue weighted by Gasteiger charge is 2.13. The molecule has 0 aromatic carbocycles. The highest BCUT2D eigenvalue weighted by molar-refractivity contribution is 7.09. The van der Waals surface area contributed by atoms with Gasteiger partial charge in [0.25, 0.3) is 0 Å². The normalized spacial score (nSPS) is 22.3. The Labute approximate surface area is 94.7 Å². The minimum Gasteiger partial charge on any atom is -0.356 e. The number of hydrogen-bond donors (Lipinski definition) is 2.